The maximum Gasteiger partial charge on any atom is 0.0344 e. The fourth-order valence-corrected chi connectivity index (χ4v) is 1.27. The maximum absolute atomic E-state index is 6.12. The first-order chi connectivity index (χ1) is 5.91. The molecule has 0 saturated carbocycles. The van der Waals surface area contributed by atoms with Crippen molar-refractivity contribution in [3.63, 3.8) is 0 Å². The van der Waals surface area contributed by atoms with Gasteiger partial charge in [0.2, 0.25) is 0 Å². The Labute approximate surface area is 81.0 Å². The molecule has 1 heteroatoms. The van der Waals surface area contributed by atoms with Crippen molar-refractivity contribution in [2.75, 3.05) is 0 Å². The summed E-state index contributed by atoms with van der Waals surface area (Å²) in [4.78, 5) is 0. The molecular weight excluding hydrogens is 158 g/mol. The third-order valence-electron chi connectivity index (χ3n) is 2.37. The summed E-state index contributed by atoms with van der Waals surface area (Å²) in [6.07, 6.45) is 0. The normalized spacial score (nSPS) is 14.2. The molecule has 0 amide bonds. The highest BCUT2D eigenvalue weighted by molar-refractivity contribution is 5.24. The molecule has 1 aromatic carbocycles. The molecule has 1 aromatic rings. The van der Waals surface area contributed by atoms with Crippen LogP contribution in [0.5, 0.6) is 0 Å². The Morgan fingerprint density at radius 2 is 1.54 bits per heavy atom. The fraction of sp³-hybridized carbons (Fsp3) is 0.500. The SMILES string of the molecule is Cc1ccc([C@H](N)C(C)(C)C)cc1. The molecule has 0 bridgehead atoms. The lowest BCUT2D eigenvalue weighted by Gasteiger charge is -2.27. The van der Waals surface area contributed by atoms with E-state index in [4.69, 9.17) is 5.73 Å². The Kier molecular flexibility index (Phi) is 2.77. The van der Waals surface area contributed by atoms with E-state index in [2.05, 4.69) is 52.0 Å². The van der Waals surface area contributed by atoms with Crippen LogP contribution in [0.1, 0.15) is 37.9 Å². The van der Waals surface area contributed by atoms with E-state index >= 15 is 0 Å². The van der Waals surface area contributed by atoms with Crippen LogP contribution in [-0.4, -0.2) is 0 Å². The second-order valence-corrected chi connectivity index (χ2v) is 4.75. The Hall–Kier alpha value is -0.820. The molecular formula is C12H19N. The largest absolute Gasteiger partial charge is 0.324 e. The van der Waals surface area contributed by atoms with Gasteiger partial charge in [-0.3, -0.25) is 0 Å². The van der Waals surface area contributed by atoms with Crippen LogP contribution in [0.3, 0.4) is 0 Å². The lowest BCUT2D eigenvalue weighted by Crippen LogP contribution is -2.26. The number of benzene rings is 1. The van der Waals surface area contributed by atoms with E-state index in [1.54, 1.807) is 0 Å². The summed E-state index contributed by atoms with van der Waals surface area (Å²) in [6, 6.07) is 8.58. The number of aryl methyl sites for hydroxylation is 1. The van der Waals surface area contributed by atoms with Crippen molar-refractivity contribution in [2.45, 2.75) is 33.7 Å². The molecule has 0 radical (unpaired) electrons. The highest BCUT2D eigenvalue weighted by Gasteiger charge is 2.21. The molecule has 1 rings (SSSR count). The summed E-state index contributed by atoms with van der Waals surface area (Å²) in [5.41, 5.74) is 8.76. The van der Waals surface area contributed by atoms with Gasteiger partial charge in [-0.15, -0.1) is 0 Å². The molecule has 0 fully saturated rings. The first-order valence-corrected chi connectivity index (χ1v) is 4.73. The van der Waals surface area contributed by atoms with Gasteiger partial charge in [-0.25, -0.2) is 0 Å². The number of rotatable bonds is 1. The first kappa shape index (κ1) is 10.3. The zero-order valence-electron chi connectivity index (χ0n) is 8.96. The molecule has 0 aromatic heterocycles. The predicted molar refractivity (Wildman–Crippen MR) is 57.6 cm³/mol. The first-order valence-electron chi connectivity index (χ1n) is 4.73. The fourth-order valence-electron chi connectivity index (χ4n) is 1.27. The number of hydrogen-bond donors (Lipinski definition) is 1. The number of nitrogens with two attached hydrogens (primary N) is 1. The van der Waals surface area contributed by atoms with E-state index < -0.39 is 0 Å². The van der Waals surface area contributed by atoms with Gasteiger partial charge in [-0.05, 0) is 17.9 Å². The predicted octanol–water partition coefficient (Wildman–Crippen LogP) is 3.04. The summed E-state index contributed by atoms with van der Waals surface area (Å²) in [5.74, 6) is 0. The maximum atomic E-state index is 6.12. The van der Waals surface area contributed by atoms with Gasteiger partial charge >= 0.3 is 0 Å². The van der Waals surface area contributed by atoms with Crippen molar-refractivity contribution in [1.82, 2.24) is 0 Å². The van der Waals surface area contributed by atoms with Crippen molar-refractivity contribution in [3.05, 3.63) is 35.4 Å². The molecule has 1 nitrogen and oxygen atoms in total. The Morgan fingerprint density at radius 1 is 1.08 bits per heavy atom. The van der Waals surface area contributed by atoms with E-state index in [0.29, 0.717) is 0 Å². The highest BCUT2D eigenvalue weighted by Crippen LogP contribution is 2.30. The number of hydrogen-bond acceptors (Lipinski definition) is 1. The second kappa shape index (κ2) is 3.51. The zero-order chi connectivity index (χ0) is 10.1. The minimum Gasteiger partial charge on any atom is -0.324 e. The lowest BCUT2D eigenvalue weighted by molar-refractivity contribution is 0.327. The van der Waals surface area contributed by atoms with Crippen LogP contribution < -0.4 is 5.73 Å². The van der Waals surface area contributed by atoms with Gasteiger partial charge in [0.25, 0.3) is 0 Å². The van der Waals surface area contributed by atoms with Crippen molar-refractivity contribution >= 4 is 0 Å². The van der Waals surface area contributed by atoms with Crippen molar-refractivity contribution in [3.8, 4) is 0 Å². The molecule has 0 aliphatic rings. The molecule has 72 valence electrons. The molecule has 0 spiro atoms. The molecule has 0 aliphatic carbocycles. The summed E-state index contributed by atoms with van der Waals surface area (Å²) in [7, 11) is 0. The summed E-state index contributed by atoms with van der Waals surface area (Å²) in [6.45, 7) is 8.58. The lowest BCUT2D eigenvalue weighted by atomic mass is 9.83. The van der Waals surface area contributed by atoms with Gasteiger partial charge in [0.1, 0.15) is 0 Å². The van der Waals surface area contributed by atoms with Crippen LogP contribution in [-0.2, 0) is 0 Å². The topological polar surface area (TPSA) is 26.0 Å². The van der Waals surface area contributed by atoms with Gasteiger partial charge in [0.05, 0.1) is 0 Å². The van der Waals surface area contributed by atoms with Crippen LogP contribution in [0.2, 0.25) is 0 Å². The Balaban J connectivity index is 2.90. The van der Waals surface area contributed by atoms with Gasteiger partial charge in [0.15, 0.2) is 0 Å². The third kappa shape index (κ3) is 2.56. The third-order valence-corrected chi connectivity index (χ3v) is 2.37. The molecule has 0 heterocycles. The van der Waals surface area contributed by atoms with Crippen LogP contribution in [0.15, 0.2) is 24.3 Å². The van der Waals surface area contributed by atoms with E-state index in [1.807, 2.05) is 0 Å². The highest BCUT2D eigenvalue weighted by atomic mass is 14.7. The monoisotopic (exact) mass is 177 g/mol. The van der Waals surface area contributed by atoms with Gasteiger partial charge in [0, 0.05) is 6.04 Å². The van der Waals surface area contributed by atoms with Crippen molar-refractivity contribution < 1.29 is 0 Å². The standard InChI is InChI=1S/C12H19N/c1-9-5-7-10(8-6-9)11(13)12(2,3)4/h5-8,11H,13H2,1-4H3/t11-/m0/s1. The van der Waals surface area contributed by atoms with E-state index in [1.165, 1.54) is 11.1 Å². The minimum absolute atomic E-state index is 0.119. The van der Waals surface area contributed by atoms with Crippen molar-refractivity contribution in [2.24, 2.45) is 11.1 Å². The summed E-state index contributed by atoms with van der Waals surface area (Å²) >= 11 is 0. The van der Waals surface area contributed by atoms with Crippen LogP contribution in [0, 0.1) is 12.3 Å². The van der Waals surface area contributed by atoms with E-state index in [0.717, 1.165) is 0 Å². The Bertz CT molecular complexity index is 266. The molecule has 0 aliphatic heterocycles. The van der Waals surface area contributed by atoms with Crippen molar-refractivity contribution in [1.29, 1.82) is 0 Å². The van der Waals surface area contributed by atoms with Crippen LogP contribution >= 0.6 is 0 Å². The molecule has 13 heavy (non-hydrogen) atoms. The van der Waals surface area contributed by atoms with Gasteiger partial charge < -0.3 is 5.73 Å². The molecule has 0 unspecified atom stereocenters. The van der Waals surface area contributed by atoms with Crippen LogP contribution in [0.25, 0.3) is 0 Å². The van der Waals surface area contributed by atoms with Gasteiger partial charge in [-0.1, -0.05) is 50.6 Å². The average molecular weight is 177 g/mol. The molecule has 0 saturated heterocycles. The quantitative estimate of drug-likeness (QED) is 0.701. The summed E-state index contributed by atoms with van der Waals surface area (Å²) in [5, 5.41) is 0. The average Bonchev–Trinajstić information content (AvgIpc) is 2.03. The van der Waals surface area contributed by atoms with Gasteiger partial charge in [-0.2, -0.15) is 0 Å². The Morgan fingerprint density at radius 3 is 1.92 bits per heavy atom. The smallest absolute Gasteiger partial charge is 0.0344 e. The van der Waals surface area contributed by atoms with Crippen LogP contribution in [0.4, 0.5) is 0 Å². The molecule has 2 N–H and O–H groups in total. The van der Waals surface area contributed by atoms with E-state index in [9.17, 15) is 0 Å². The zero-order valence-corrected chi connectivity index (χ0v) is 8.96. The van der Waals surface area contributed by atoms with E-state index in [-0.39, 0.29) is 11.5 Å². The molecule has 1 atom stereocenters. The minimum atomic E-state index is 0.119. The second-order valence-electron chi connectivity index (χ2n) is 4.75. The summed E-state index contributed by atoms with van der Waals surface area (Å²) < 4.78 is 0.